The van der Waals surface area contributed by atoms with Gasteiger partial charge in [0.25, 0.3) is 5.91 Å². The molecule has 33 heavy (non-hydrogen) atoms. The lowest BCUT2D eigenvalue weighted by molar-refractivity contribution is -0.135. The fourth-order valence-electron chi connectivity index (χ4n) is 4.69. The summed E-state index contributed by atoms with van der Waals surface area (Å²) >= 11 is 0. The molecule has 2 N–H and O–H groups in total. The van der Waals surface area contributed by atoms with Crippen molar-refractivity contribution in [3.8, 4) is 0 Å². The number of hydrogen-bond donors (Lipinski definition) is 1. The third-order valence-electron chi connectivity index (χ3n) is 6.36. The van der Waals surface area contributed by atoms with Crippen LogP contribution in [0.1, 0.15) is 85.6 Å². The number of para-hydroxylation sites is 2. The van der Waals surface area contributed by atoms with Crippen molar-refractivity contribution >= 4 is 22.8 Å². The molecule has 3 heterocycles. The van der Waals surface area contributed by atoms with Crippen LogP contribution in [0.5, 0.6) is 0 Å². The summed E-state index contributed by atoms with van der Waals surface area (Å²) in [6.45, 7) is 7.50. The highest BCUT2D eigenvalue weighted by Crippen LogP contribution is 2.30. The van der Waals surface area contributed by atoms with Gasteiger partial charge in [-0.2, -0.15) is 0 Å². The highest BCUT2D eigenvalue weighted by atomic mass is 16.2. The summed E-state index contributed by atoms with van der Waals surface area (Å²) in [6, 6.07) is 7.99. The largest absolute Gasteiger partial charge is 0.365 e. The van der Waals surface area contributed by atoms with Gasteiger partial charge in [0.15, 0.2) is 5.82 Å². The van der Waals surface area contributed by atoms with Gasteiger partial charge < -0.3 is 15.2 Å². The van der Waals surface area contributed by atoms with Gasteiger partial charge in [0.2, 0.25) is 5.91 Å². The fourth-order valence-corrected chi connectivity index (χ4v) is 4.69. The number of rotatable bonds is 7. The molecular weight excluding hydrogens is 416 g/mol. The van der Waals surface area contributed by atoms with E-state index >= 15 is 0 Å². The van der Waals surface area contributed by atoms with Crippen molar-refractivity contribution < 1.29 is 9.59 Å². The van der Waals surface area contributed by atoms with Crippen LogP contribution < -0.4 is 5.73 Å². The topological polar surface area (TPSA) is 107 Å². The van der Waals surface area contributed by atoms with Crippen LogP contribution in [0.25, 0.3) is 11.0 Å². The third kappa shape index (κ3) is 4.74. The number of carbonyl (C=O) groups is 2. The summed E-state index contributed by atoms with van der Waals surface area (Å²) in [5.41, 5.74) is 8.37. The summed E-state index contributed by atoms with van der Waals surface area (Å²) in [5, 5.41) is 0. The monoisotopic (exact) mass is 448 g/mol. The molecule has 8 heteroatoms. The number of amides is 2. The normalized spacial score (nSPS) is 16.5. The van der Waals surface area contributed by atoms with E-state index in [2.05, 4.69) is 34.4 Å². The van der Waals surface area contributed by atoms with Crippen molar-refractivity contribution in [1.82, 2.24) is 24.4 Å². The second kappa shape index (κ2) is 9.68. The van der Waals surface area contributed by atoms with Crippen molar-refractivity contribution in [1.29, 1.82) is 0 Å². The van der Waals surface area contributed by atoms with E-state index < -0.39 is 5.91 Å². The molecule has 0 saturated carbocycles. The van der Waals surface area contributed by atoms with Crippen LogP contribution in [-0.2, 0) is 11.3 Å². The average Bonchev–Trinajstić information content (AvgIpc) is 3.18. The lowest BCUT2D eigenvalue weighted by atomic mass is 10.00. The van der Waals surface area contributed by atoms with Crippen LogP contribution in [0.4, 0.5) is 0 Å². The molecule has 2 aromatic heterocycles. The first-order chi connectivity index (χ1) is 15.9. The molecule has 1 aromatic carbocycles. The van der Waals surface area contributed by atoms with Crippen molar-refractivity contribution in [3.05, 3.63) is 53.4 Å². The molecule has 8 nitrogen and oxygen atoms in total. The minimum Gasteiger partial charge on any atom is -0.365 e. The zero-order valence-electron chi connectivity index (χ0n) is 19.6. The fraction of sp³-hybridized carbons (Fsp3) is 0.480. The van der Waals surface area contributed by atoms with Gasteiger partial charge in [0, 0.05) is 31.6 Å². The van der Waals surface area contributed by atoms with Crippen LogP contribution in [0, 0.1) is 6.92 Å². The number of carbonyl (C=O) groups excluding carboxylic acids is 2. The maximum atomic E-state index is 13.2. The number of piperidine rings is 1. The first-order valence-corrected chi connectivity index (χ1v) is 11.7. The molecule has 0 aliphatic carbocycles. The van der Waals surface area contributed by atoms with Gasteiger partial charge in [-0.25, -0.2) is 15.0 Å². The predicted octanol–water partition coefficient (Wildman–Crippen LogP) is 3.89. The molecule has 4 rings (SSSR count). The van der Waals surface area contributed by atoms with Crippen LogP contribution in [-0.4, -0.2) is 42.8 Å². The summed E-state index contributed by atoms with van der Waals surface area (Å²) < 4.78 is 2.25. The molecule has 1 aliphatic heterocycles. The first kappa shape index (κ1) is 22.9. The molecule has 1 atom stereocenters. The van der Waals surface area contributed by atoms with E-state index in [4.69, 9.17) is 10.7 Å². The van der Waals surface area contributed by atoms with Gasteiger partial charge in [-0.15, -0.1) is 0 Å². The molecule has 0 bridgehead atoms. The Kier molecular flexibility index (Phi) is 6.72. The zero-order valence-corrected chi connectivity index (χ0v) is 19.6. The third-order valence-corrected chi connectivity index (χ3v) is 6.36. The van der Waals surface area contributed by atoms with E-state index in [1.165, 1.54) is 6.20 Å². The van der Waals surface area contributed by atoms with Gasteiger partial charge in [-0.3, -0.25) is 9.59 Å². The smallest absolute Gasteiger partial charge is 0.252 e. The van der Waals surface area contributed by atoms with Crippen molar-refractivity contribution in [3.63, 3.8) is 0 Å². The molecule has 1 fully saturated rings. The van der Waals surface area contributed by atoms with Gasteiger partial charge in [-0.1, -0.05) is 26.0 Å². The number of primary amides is 1. The standard InChI is InChI=1S/C25H32N6O2/c1-16(2)25-29-19-9-4-5-10-20(19)31(25)14-8-12-22(32)30-13-7-6-11-21(30)24-27-15-18(23(26)33)17(3)28-24/h4-5,9-10,15-16,21H,6-8,11-14H2,1-3H3,(H2,26,33)/t21-/m0/s1. The van der Waals surface area contributed by atoms with Crippen LogP contribution in [0.2, 0.25) is 0 Å². The summed E-state index contributed by atoms with van der Waals surface area (Å²) in [7, 11) is 0. The lowest BCUT2D eigenvalue weighted by Gasteiger charge is -2.35. The molecule has 1 saturated heterocycles. The van der Waals surface area contributed by atoms with Crippen molar-refractivity contribution in [2.45, 2.75) is 71.4 Å². The first-order valence-electron chi connectivity index (χ1n) is 11.7. The highest BCUT2D eigenvalue weighted by molar-refractivity contribution is 5.93. The Hall–Kier alpha value is -3.29. The van der Waals surface area contributed by atoms with Gasteiger partial charge in [-0.05, 0) is 44.7 Å². The highest BCUT2D eigenvalue weighted by Gasteiger charge is 2.30. The Morgan fingerprint density at radius 2 is 1.97 bits per heavy atom. The SMILES string of the molecule is Cc1nc([C@@H]2CCCCN2C(=O)CCCn2c(C(C)C)nc3ccccc32)ncc1C(N)=O. The number of imidazole rings is 1. The quantitative estimate of drug-likeness (QED) is 0.590. The zero-order chi connectivity index (χ0) is 23.5. The van der Waals surface area contributed by atoms with Gasteiger partial charge >= 0.3 is 0 Å². The maximum absolute atomic E-state index is 13.2. The van der Waals surface area contributed by atoms with E-state index in [1.807, 2.05) is 23.1 Å². The molecule has 0 unspecified atom stereocenters. The molecule has 0 radical (unpaired) electrons. The summed E-state index contributed by atoms with van der Waals surface area (Å²) in [4.78, 5) is 40.4. The molecule has 1 aliphatic rings. The Morgan fingerprint density at radius 3 is 2.70 bits per heavy atom. The van der Waals surface area contributed by atoms with Crippen LogP contribution in [0.15, 0.2) is 30.5 Å². The molecule has 174 valence electrons. The maximum Gasteiger partial charge on any atom is 0.252 e. The van der Waals surface area contributed by atoms with E-state index in [9.17, 15) is 9.59 Å². The number of nitrogens with zero attached hydrogens (tertiary/aromatic N) is 5. The number of likely N-dealkylation sites (tertiary alicyclic amines) is 1. The molecule has 3 aromatic rings. The Labute approximate surface area is 194 Å². The van der Waals surface area contributed by atoms with Crippen LogP contribution >= 0.6 is 0 Å². The average molecular weight is 449 g/mol. The number of aryl methyl sites for hydroxylation is 2. The summed E-state index contributed by atoms with van der Waals surface area (Å²) in [6.07, 6.45) is 5.50. The second-order valence-corrected chi connectivity index (χ2v) is 9.06. The van der Waals surface area contributed by atoms with Gasteiger partial charge in [0.05, 0.1) is 28.3 Å². The van der Waals surface area contributed by atoms with Crippen molar-refractivity contribution in [2.24, 2.45) is 5.73 Å². The molecule has 2 amide bonds. The van der Waals surface area contributed by atoms with Crippen molar-refractivity contribution in [2.75, 3.05) is 6.54 Å². The number of aromatic nitrogens is 4. The van der Waals surface area contributed by atoms with E-state index in [1.54, 1.807) is 6.92 Å². The molecular formula is C25H32N6O2. The second-order valence-electron chi connectivity index (χ2n) is 9.06. The lowest BCUT2D eigenvalue weighted by Crippen LogP contribution is -2.39. The Bertz CT molecular complexity index is 1170. The Balaban J connectivity index is 1.47. The molecule has 0 spiro atoms. The number of hydrogen-bond acceptors (Lipinski definition) is 5. The Morgan fingerprint density at radius 1 is 1.18 bits per heavy atom. The number of nitrogens with two attached hydrogens (primary N) is 1. The van der Waals surface area contributed by atoms with Crippen LogP contribution in [0.3, 0.4) is 0 Å². The van der Waals surface area contributed by atoms with E-state index in [-0.39, 0.29) is 11.9 Å². The predicted molar refractivity (Wildman–Crippen MR) is 127 cm³/mol. The van der Waals surface area contributed by atoms with E-state index in [0.717, 1.165) is 49.1 Å². The number of fused-ring (bicyclic) bond motifs is 1. The minimum absolute atomic E-state index is 0.121. The van der Waals surface area contributed by atoms with Gasteiger partial charge in [0.1, 0.15) is 5.82 Å². The van der Waals surface area contributed by atoms with E-state index in [0.29, 0.717) is 36.0 Å². The minimum atomic E-state index is -0.539. The number of benzene rings is 1. The summed E-state index contributed by atoms with van der Waals surface area (Å²) in [5.74, 6) is 1.54.